The maximum atomic E-state index is 12.7. The predicted octanol–water partition coefficient (Wildman–Crippen LogP) is 7.27. The molecule has 0 unspecified atom stereocenters. The average molecular weight is 572 g/mol. The van der Waals surface area contributed by atoms with Crippen molar-refractivity contribution in [3.8, 4) is 22.8 Å². The molecule has 1 amide bonds. The summed E-state index contributed by atoms with van der Waals surface area (Å²) in [4.78, 5) is 19.7. The number of pyridine rings is 1. The summed E-state index contributed by atoms with van der Waals surface area (Å²) in [6.45, 7) is 5.86. The quantitative estimate of drug-likeness (QED) is 0.191. The molecule has 6 heteroatoms. The second-order valence-electron chi connectivity index (χ2n) is 10.9. The lowest BCUT2D eigenvalue weighted by atomic mass is 10.0. The van der Waals surface area contributed by atoms with Gasteiger partial charge in [0.2, 0.25) is 5.88 Å². The minimum absolute atomic E-state index is 0.108. The van der Waals surface area contributed by atoms with E-state index in [1.807, 2.05) is 61.5 Å². The van der Waals surface area contributed by atoms with Crippen molar-refractivity contribution >= 4 is 16.7 Å². The van der Waals surface area contributed by atoms with Gasteiger partial charge in [-0.05, 0) is 65.4 Å². The van der Waals surface area contributed by atoms with Gasteiger partial charge in [-0.15, -0.1) is 0 Å². The summed E-state index contributed by atoms with van der Waals surface area (Å²) in [6, 6.07) is 34.4. The average Bonchev–Trinajstić information content (AvgIpc) is 3.07. The number of ether oxygens (including phenoxy) is 2. The van der Waals surface area contributed by atoms with Crippen molar-refractivity contribution in [3.05, 3.63) is 126 Å². The predicted molar refractivity (Wildman–Crippen MR) is 171 cm³/mol. The van der Waals surface area contributed by atoms with Gasteiger partial charge in [-0.3, -0.25) is 9.69 Å². The molecule has 0 aliphatic carbocycles. The fourth-order valence-electron chi connectivity index (χ4n) is 5.66. The van der Waals surface area contributed by atoms with Gasteiger partial charge in [0, 0.05) is 49.6 Å². The SMILES string of the molecule is CCOc1ccc2ccccc2c1CN1CCC(Oc2ccc(CNC(=O)c3ccc(-c4ccccc4)cc3)cn2)CC1. The summed E-state index contributed by atoms with van der Waals surface area (Å²) < 4.78 is 12.2. The van der Waals surface area contributed by atoms with Gasteiger partial charge in [0.15, 0.2) is 0 Å². The highest BCUT2D eigenvalue weighted by Crippen LogP contribution is 2.31. The summed E-state index contributed by atoms with van der Waals surface area (Å²) in [5.74, 6) is 1.49. The van der Waals surface area contributed by atoms with Crippen molar-refractivity contribution in [2.24, 2.45) is 0 Å². The van der Waals surface area contributed by atoms with Crippen LogP contribution in [-0.4, -0.2) is 41.6 Å². The van der Waals surface area contributed by atoms with Gasteiger partial charge in [0.05, 0.1) is 6.61 Å². The van der Waals surface area contributed by atoms with E-state index in [-0.39, 0.29) is 12.0 Å². The standard InChI is InChI=1S/C37H37N3O3/c1-2-42-35-18-17-30-10-6-7-11-33(30)34(35)26-40-22-20-32(21-23-40)43-36-19-12-27(24-38-36)25-39-37(41)31-15-13-29(14-16-31)28-8-4-3-5-9-28/h3-19,24,32H,2,20-23,25-26H2,1H3,(H,39,41). The summed E-state index contributed by atoms with van der Waals surface area (Å²) >= 11 is 0. The number of benzene rings is 4. The molecule has 1 saturated heterocycles. The first-order valence-electron chi connectivity index (χ1n) is 15.1. The topological polar surface area (TPSA) is 63.7 Å². The summed E-state index contributed by atoms with van der Waals surface area (Å²) in [5, 5.41) is 5.49. The first-order valence-corrected chi connectivity index (χ1v) is 15.1. The van der Waals surface area contributed by atoms with E-state index in [1.165, 1.54) is 16.3 Å². The summed E-state index contributed by atoms with van der Waals surface area (Å²) in [6.07, 6.45) is 3.79. The van der Waals surface area contributed by atoms with Crippen LogP contribution in [0.5, 0.6) is 11.6 Å². The molecule has 0 radical (unpaired) electrons. The van der Waals surface area contributed by atoms with E-state index in [2.05, 4.69) is 63.7 Å². The van der Waals surface area contributed by atoms with Crippen molar-refractivity contribution in [2.75, 3.05) is 19.7 Å². The molecule has 6 nitrogen and oxygen atoms in total. The molecule has 0 atom stereocenters. The van der Waals surface area contributed by atoms with Crippen LogP contribution in [-0.2, 0) is 13.1 Å². The number of nitrogens with zero attached hydrogens (tertiary/aromatic N) is 2. The molecule has 4 aromatic carbocycles. The molecule has 0 spiro atoms. The van der Waals surface area contributed by atoms with Crippen LogP contribution >= 0.6 is 0 Å². The first kappa shape index (κ1) is 28.4. The Bertz CT molecular complexity index is 1650. The van der Waals surface area contributed by atoms with E-state index in [4.69, 9.17) is 9.47 Å². The Balaban J connectivity index is 0.980. The molecule has 1 fully saturated rings. The van der Waals surface area contributed by atoms with Crippen LogP contribution in [0.1, 0.15) is 41.3 Å². The molecule has 1 aromatic heterocycles. The number of likely N-dealkylation sites (tertiary alicyclic amines) is 1. The first-order chi connectivity index (χ1) is 21.2. The molecule has 2 heterocycles. The van der Waals surface area contributed by atoms with E-state index in [1.54, 1.807) is 6.20 Å². The fourth-order valence-corrected chi connectivity index (χ4v) is 5.66. The number of carbonyl (C=O) groups is 1. The van der Waals surface area contributed by atoms with E-state index in [9.17, 15) is 4.79 Å². The molecule has 1 aliphatic rings. The molecule has 5 aromatic rings. The number of fused-ring (bicyclic) bond motifs is 1. The van der Waals surface area contributed by atoms with Crippen LogP contribution in [0.2, 0.25) is 0 Å². The van der Waals surface area contributed by atoms with Crippen LogP contribution in [0.25, 0.3) is 21.9 Å². The van der Waals surface area contributed by atoms with Gasteiger partial charge in [-0.25, -0.2) is 4.98 Å². The smallest absolute Gasteiger partial charge is 0.251 e. The zero-order valence-electron chi connectivity index (χ0n) is 24.5. The molecule has 0 bridgehead atoms. The van der Waals surface area contributed by atoms with Gasteiger partial charge >= 0.3 is 0 Å². The van der Waals surface area contributed by atoms with Crippen LogP contribution in [0.15, 0.2) is 109 Å². The summed E-state index contributed by atoms with van der Waals surface area (Å²) in [7, 11) is 0. The zero-order valence-corrected chi connectivity index (χ0v) is 24.5. The molecule has 0 saturated carbocycles. The van der Waals surface area contributed by atoms with Crippen molar-refractivity contribution in [1.82, 2.24) is 15.2 Å². The van der Waals surface area contributed by atoms with Crippen LogP contribution in [0.3, 0.4) is 0 Å². The number of aromatic nitrogens is 1. The third-order valence-corrected chi connectivity index (χ3v) is 8.01. The summed E-state index contributed by atoms with van der Waals surface area (Å²) in [5.41, 5.74) is 5.03. The van der Waals surface area contributed by atoms with Gasteiger partial charge in [0.1, 0.15) is 11.9 Å². The Hall–Kier alpha value is -4.68. The van der Waals surface area contributed by atoms with Crippen LogP contribution < -0.4 is 14.8 Å². The second-order valence-corrected chi connectivity index (χ2v) is 10.9. The van der Waals surface area contributed by atoms with Gasteiger partial charge in [-0.1, -0.05) is 78.9 Å². The number of piperidine rings is 1. The van der Waals surface area contributed by atoms with Crippen molar-refractivity contribution in [1.29, 1.82) is 0 Å². The Morgan fingerprint density at radius 3 is 2.35 bits per heavy atom. The third-order valence-electron chi connectivity index (χ3n) is 8.01. The normalized spacial score (nSPS) is 14.0. The lowest BCUT2D eigenvalue weighted by Gasteiger charge is -2.32. The Labute approximate surface area is 253 Å². The largest absolute Gasteiger partial charge is 0.494 e. The van der Waals surface area contributed by atoms with Crippen LogP contribution in [0.4, 0.5) is 0 Å². The lowest BCUT2D eigenvalue weighted by molar-refractivity contribution is 0.0929. The monoisotopic (exact) mass is 571 g/mol. The van der Waals surface area contributed by atoms with Crippen molar-refractivity contribution in [2.45, 2.75) is 39.0 Å². The molecule has 6 rings (SSSR count). The van der Waals surface area contributed by atoms with E-state index >= 15 is 0 Å². The fraction of sp³-hybridized carbons (Fsp3) is 0.243. The highest BCUT2D eigenvalue weighted by atomic mass is 16.5. The number of carbonyl (C=O) groups excluding carboxylic acids is 1. The molecule has 218 valence electrons. The van der Waals surface area contributed by atoms with Gasteiger partial charge in [0.25, 0.3) is 5.91 Å². The Morgan fingerprint density at radius 1 is 0.860 bits per heavy atom. The zero-order chi connectivity index (χ0) is 29.4. The number of rotatable bonds is 10. The van der Waals surface area contributed by atoms with E-state index in [0.717, 1.165) is 54.9 Å². The number of hydrogen-bond donors (Lipinski definition) is 1. The number of nitrogens with one attached hydrogen (secondary N) is 1. The van der Waals surface area contributed by atoms with E-state index in [0.29, 0.717) is 24.6 Å². The minimum atomic E-state index is -0.108. The maximum Gasteiger partial charge on any atom is 0.251 e. The maximum absolute atomic E-state index is 12.7. The highest BCUT2D eigenvalue weighted by Gasteiger charge is 2.23. The van der Waals surface area contributed by atoms with Gasteiger partial charge < -0.3 is 14.8 Å². The van der Waals surface area contributed by atoms with Crippen LogP contribution in [0, 0.1) is 0 Å². The van der Waals surface area contributed by atoms with E-state index < -0.39 is 0 Å². The van der Waals surface area contributed by atoms with Crippen molar-refractivity contribution in [3.63, 3.8) is 0 Å². The number of amides is 1. The molecule has 43 heavy (non-hydrogen) atoms. The number of hydrogen-bond acceptors (Lipinski definition) is 5. The molecular weight excluding hydrogens is 534 g/mol. The second kappa shape index (κ2) is 13.5. The minimum Gasteiger partial charge on any atom is -0.494 e. The Morgan fingerprint density at radius 2 is 1.60 bits per heavy atom. The van der Waals surface area contributed by atoms with Gasteiger partial charge in [-0.2, -0.15) is 0 Å². The lowest BCUT2D eigenvalue weighted by Crippen LogP contribution is -2.38. The highest BCUT2D eigenvalue weighted by molar-refractivity contribution is 5.94. The molecular formula is C37H37N3O3. The molecule has 1 N–H and O–H groups in total. The van der Waals surface area contributed by atoms with Crippen molar-refractivity contribution < 1.29 is 14.3 Å². The Kier molecular flexibility index (Phi) is 8.95. The third kappa shape index (κ3) is 7.04. The molecule has 1 aliphatic heterocycles.